The summed E-state index contributed by atoms with van der Waals surface area (Å²) < 4.78 is 0. The fourth-order valence-corrected chi connectivity index (χ4v) is 5.08. The summed E-state index contributed by atoms with van der Waals surface area (Å²) in [5, 5.41) is 1.18. The van der Waals surface area contributed by atoms with Crippen molar-refractivity contribution < 1.29 is 0 Å². The van der Waals surface area contributed by atoms with Gasteiger partial charge in [-0.15, -0.1) is 0 Å². The van der Waals surface area contributed by atoms with Gasteiger partial charge < -0.3 is 0 Å². The van der Waals surface area contributed by atoms with E-state index in [0.29, 0.717) is 5.41 Å². The number of alkyl halides is 1. The first-order valence-corrected chi connectivity index (χ1v) is 8.72. The normalized spacial score (nSPS) is 18.5. The molecule has 1 saturated carbocycles. The quantitative estimate of drug-likeness (QED) is 0.675. The van der Waals surface area contributed by atoms with Gasteiger partial charge in [0.15, 0.2) is 0 Å². The van der Waals surface area contributed by atoms with Crippen LogP contribution in [0.4, 0.5) is 0 Å². The third kappa shape index (κ3) is 3.51. The number of thioether (sulfide) groups is 1. The molecular weight excluding hydrogens is 292 g/mol. The first kappa shape index (κ1) is 13.5. The molecule has 2 rings (SSSR count). The summed E-state index contributed by atoms with van der Waals surface area (Å²) in [5.41, 5.74) is 3.52. The van der Waals surface area contributed by atoms with Gasteiger partial charge in [-0.1, -0.05) is 53.0 Å². The minimum Gasteiger partial charge on any atom is -0.157 e. The molecule has 0 saturated heterocycles. The molecule has 0 aliphatic heterocycles. The largest absolute Gasteiger partial charge is 0.157 e. The van der Waals surface area contributed by atoms with Gasteiger partial charge in [-0.2, -0.15) is 11.8 Å². The van der Waals surface area contributed by atoms with Crippen LogP contribution in [0.15, 0.2) is 24.3 Å². The van der Waals surface area contributed by atoms with E-state index >= 15 is 0 Å². The van der Waals surface area contributed by atoms with E-state index in [1.54, 1.807) is 0 Å². The maximum atomic E-state index is 3.72. The van der Waals surface area contributed by atoms with Crippen LogP contribution >= 0.6 is 27.7 Å². The van der Waals surface area contributed by atoms with Crippen LogP contribution in [0.5, 0.6) is 0 Å². The van der Waals surface area contributed by atoms with Crippen molar-refractivity contribution in [1.29, 1.82) is 0 Å². The molecule has 0 nitrogen and oxygen atoms in total. The minimum atomic E-state index is 0.591. The van der Waals surface area contributed by atoms with Crippen molar-refractivity contribution in [2.45, 2.75) is 38.4 Å². The van der Waals surface area contributed by atoms with Crippen LogP contribution in [0, 0.1) is 12.3 Å². The minimum absolute atomic E-state index is 0.591. The number of benzene rings is 1. The Bertz CT molecular complexity index is 356. The van der Waals surface area contributed by atoms with Crippen LogP contribution in [0.1, 0.15) is 36.8 Å². The topological polar surface area (TPSA) is 0 Å². The molecule has 1 aromatic carbocycles. The van der Waals surface area contributed by atoms with Crippen molar-refractivity contribution in [2.75, 3.05) is 11.1 Å². The molecule has 1 fully saturated rings. The molecule has 1 aromatic rings. The van der Waals surface area contributed by atoms with Gasteiger partial charge >= 0.3 is 0 Å². The Labute approximate surface area is 118 Å². The van der Waals surface area contributed by atoms with Crippen molar-refractivity contribution in [1.82, 2.24) is 0 Å². The number of hydrogen-bond donors (Lipinski definition) is 0. The molecule has 0 unspecified atom stereocenters. The standard InChI is InChI=1S/C15H21BrS/c1-13-6-2-3-7-14(13)10-17-12-15(11-16)8-4-5-9-15/h2-3,6-7H,4-5,8-12H2,1H3. The summed E-state index contributed by atoms with van der Waals surface area (Å²) in [6.07, 6.45) is 5.69. The first-order valence-electron chi connectivity index (χ1n) is 6.44. The number of halogens is 1. The summed E-state index contributed by atoms with van der Waals surface area (Å²) in [6, 6.07) is 8.75. The fourth-order valence-electron chi connectivity index (χ4n) is 2.59. The molecule has 1 aliphatic carbocycles. The molecule has 17 heavy (non-hydrogen) atoms. The molecule has 2 heteroatoms. The van der Waals surface area contributed by atoms with Crippen LogP contribution in [0.25, 0.3) is 0 Å². The second-order valence-electron chi connectivity index (χ2n) is 5.26. The van der Waals surface area contributed by atoms with Crippen LogP contribution in [0.2, 0.25) is 0 Å². The van der Waals surface area contributed by atoms with E-state index in [4.69, 9.17) is 0 Å². The van der Waals surface area contributed by atoms with Gasteiger partial charge in [-0.05, 0) is 36.3 Å². The average molecular weight is 313 g/mol. The van der Waals surface area contributed by atoms with Crippen molar-refractivity contribution in [3.8, 4) is 0 Å². The smallest absolute Gasteiger partial charge is 0.0187 e. The summed E-state index contributed by atoms with van der Waals surface area (Å²) in [7, 11) is 0. The Morgan fingerprint density at radius 2 is 1.94 bits per heavy atom. The zero-order valence-electron chi connectivity index (χ0n) is 10.5. The Kier molecular flexibility index (Phi) is 4.98. The van der Waals surface area contributed by atoms with Gasteiger partial charge in [0.1, 0.15) is 0 Å². The highest BCUT2D eigenvalue weighted by molar-refractivity contribution is 9.09. The molecule has 0 aromatic heterocycles. The maximum absolute atomic E-state index is 3.72. The second-order valence-corrected chi connectivity index (χ2v) is 6.81. The predicted octanol–water partition coefficient (Wildman–Crippen LogP) is 5.18. The molecule has 0 heterocycles. The second kappa shape index (κ2) is 6.29. The van der Waals surface area contributed by atoms with E-state index in [-0.39, 0.29) is 0 Å². The molecule has 0 spiro atoms. The van der Waals surface area contributed by atoms with Gasteiger partial charge in [0.2, 0.25) is 0 Å². The van der Waals surface area contributed by atoms with Crippen LogP contribution in [-0.2, 0) is 5.75 Å². The Hall–Kier alpha value is 0.0500. The van der Waals surface area contributed by atoms with Crippen LogP contribution < -0.4 is 0 Å². The lowest BCUT2D eigenvalue weighted by Crippen LogP contribution is -2.21. The Morgan fingerprint density at radius 1 is 1.24 bits per heavy atom. The number of rotatable bonds is 5. The molecule has 0 atom stereocenters. The third-order valence-corrected chi connectivity index (χ3v) is 6.40. The van der Waals surface area contributed by atoms with E-state index < -0.39 is 0 Å². The first-order chi connectivity index (χ1) is 8.26. The van der Waals surface area contributed by atoms with Crippen molar-refractivity contribution >= 4 is 27.7 Å². The van der Waals surface area contributed by atoms with Gasteiger partial charge in [-0.3, -0.25) is 0 Å². The van der Waals surface area contributed by atoms with Gasteiger partial charge in [0.05, 0.1) is 0 Å². The molecule has 94 valence electrons. The lowest BCUT2D eigenvalue weighted by Gasteiger charge is -2.26. The van der Waals surface area contributed by atoms with Crippen LogP contribution in [-0.4, -0.2) is 11.1 Å². The molecule has 0 radical (unpaired) electrons. The van der Waals surface area contributed by atoms with Crippen molar-refractivity contribution in [3.63, 3.8) is 0 Å². The Balaban J connectivity index is 1.85. The lowest BCUT2D eigenvalue weighted by atomic mass is 9.92. The predicted molar refractivity (Wildman–Crippen MR) is 82.0 cm³/mol. The van der Waals surface area contributed by atoms with Gasteiger partial charge in [-0.25, -0.2) is 0 Å². The molecule has 0 N–H and O–H groups in total. The number of hydrogen-bond acceptors (Lipinski definition) is 1. The summed E-state index contributed by atoms with van der Waals surface area (Å²) in [4.78, 5) is 0. The number of aryl methyl sites for hydroxylation is 1. The summed E-state index contributed by atoms with van der Waals surface area (Å²) in [5.74, 6) is 2.48. The summed E-state index contributed by atoms with van der Waals surface area (Å²) >= 11 is 5.83. The third-order valence-electron chi connectivity index (χ3n) is 3.87. The Morgan fingerprint density at radius 3 is 2.59 bits per heavy atom. The average Bonchev–Trinajstić information content (AvgIpc) is 2.81. The molecule has 0 amide bonds. The highest BCUT2D eigenvalue weighted by atomic mass is 79.9. The SMILES string of the molecule is Cc1ccccc1CSCC1(CBr)CCCC1. The van der Waals surface area contributed by atoms with E-state index in [1.807, 2.05) is 0 Å². The van der Waals surface area contributed by atoms with E-state index in [0.717, 1.165) is 0 Å². The van der Waals surface area contributed by atoms with Gasteiger partial charge in [0, 0.05) is 16.8 Å². The monoisotopic (exact) mass is 312 g/mol. The van der Waals surface area contributed by atoms with E-state index in [9.17, 15) is 0 Å². The highest BCUT2D eigenvalue weighted by Gasteiger charge is 2.32. The highest BCUT2D eigenvalue weighted by Crippen LogP contribution is 2.42. The van der Waals surface area contributed by atoms with Crippen molar-refractivity contribution in [2.24, 2.45) is 5.41 Å². The maximum Gasteiger partial charge on any atom is 0.0187 e. The van der Waals surface area contributed by atoms with Crippen LogP contribution in [0.3, 0.4) is 0 Å². The zero-order chi connectivity index (χ0) is 12.1. The molecule has 0 bridgehead atoms. The molecular formula is C15H21BrS. The fraction of sp³-hybridized carbons (Fsp3) is 0.600. The zero-order valence-corrected chi connectivity index (χ0v) is 12.9. The van der Waals surface area contributed by atoms with Gasteiger partial charge in [0.25, 0.3) is 0 Å². The van der Waals surface area contributed by atoms with E-state index in [1.165, 1.54) is 53.6 Å². The van der Waals surface area contributed by atoms with E-state index in [2.05, 4.69) is 58.9 Å². The molecule has 1 aliphatic rings. The van der Waals surface area contributed by atoms with Crippen molar-refractivity contribution in [3.05, 3.63) is 35.4 Å². The lowest BCUT2D eigenvalue weighted by molar-refractivity contribution is 0.405. The summed E-state index contributed by atoms with van der Waals surface area (Å²) in [6.45, 7) is 2.21.